The fourth-order valence-electron chi connectivity index (χ4n) is 3.49. The summed E-state index contributed by atoms with van der Waals surface area (Å²) in [6.07, 6.45) is 10.1. The second kappa shape index (κ2) is 6.02. The van der Waals surface area contributed by atoms with Crippen molar-refractivity contribution in [3.05, 3.63) is 0 Å². The molecule has 1 N–H and O–H groups in total. The first kappa shape index (κ1) is 12.4. The van der Waals surface area contributed by atoms with E-state index in [0.717, 1.165) is 18.0 Å². The first-order chi connectivity index (χ1) is 7.83. The Morgan fingerprint density at radius 2 is 2.00 bits per heavy atom. The number of hydrogen-bond donors (Lipinski definition) is 1. The van der Waals surface area contributed by atoms with E-state index < -0.39 is 0 Å². The first-order valence-corrected chi connectivity index (χ1v) is 7.24. The largest absolute Gasteiger partial charge is 0.316 e. The number of likely N-dealkylation sites (tertiary alicyclic amines) is 1. The fraction of sp³-hybridized carbons (Fsp3) is 1.00. The van der Waals surface area contributed by atoms with Crippen molar-refractivity contribution in [1.82, 2.24) is 10.2 Å². The highest BCUT2D eigenvalue weighted by Gasteiger charge is 2.28. The molecule has 94 valence electrons. The molecule has 0 spiro atoms. The Labute approximate surface area is 101 Å². The van der Waals surface area contributed by atoms with Crippen LogP contribution in [0.1, 0.15) is 51.9 Å². The normalized spacial score (nSPS) is 37.5. The van der Waals surface area contributed by atoms with Crippen LogP contribution in [0.25, 0.3) is 0 Å². The number of rotatable bonds is 3. The van der Waals surface area contributed by atoms with Gasteiger partial charge in [-0.1, -0.05) is 26.2 Å². The summed E-state index contributed by atoms with van der Waals surface area (Å²) in [5.74, 6) is 1.02. The van der Waals surface area contributed by atoms with E-state index in [1.54, 1.807) is 0 Å². The van der Waals surface area contributed by atoms with E-state index >= 15 is 0 Å². The summed E-state index contributed by atoms with van der Waals surface area (Å²) < 4.78 is 0. The molecule has 2 fully saturated rings. The first-order valence-electron chi connectivity index (χ1n) is 7.24. The molecule has 3 atom stereocenters. The topological polar surface area (TPSA) is 15.3 Å². The Morgan fingerprint density at radius 1 is 1.12 bits per heavy atom. The summed E-state index contributed by atoms with van der Waals surface area (Å²) in [6, 6.07) is 1.65. The summed E-state index contributed by atoms with van der Waals surface area (Å²) in [5, 5.41) is 3.43. The molecule has 3 unspecified atom stereocenters. The maximum absolute atomic E-state index is 3.43. The molecule has 1 heterocycles. The van der Waals surface area contributed by atoms with Crippen molar-refractivity contribution in [2.45, 2.75) is 64.0 Å². The van der Waals surface area contributed by atoms with Gasteiger partial charge in [-0.2, -0.15) is 0 Å². The maximum atomic E-state index is 3.43. The van der Waals surface area contributed by atoms with Crippen LogP contribution in [0.3, 0.4) is 0 Å². The zero-order valence-corrected chi connectivity index (χ0v) is 11.0. The Kier molecular flexibility index (Phi) is 4.66. The van der Waals surface area contributed by atoms with Crippen LogP contribution in [-0.2, 0) is 0 Å². The van der Waals surface area contributed by atoms with Crippen molar-refractivity contribution in [2.75, 3.05) is 20.1 Å². The van der Waals surface area contributed by atoms with E-state index in [0.29, 0.717) is 0 Å². The van der Waals surface area contributed by atoms with Crippen molar-refractivity contribution in [1.29, 1.82) is 0 Å². The molecule has 16 heavy (non-hydrogen) atoms. The van der Waals surface area contributed by atoms with E-state index in [1.807, 2.05) is 0 Å². The van der Waals surface area contributed by atoms with Crippen LogP contribution in [0.5, 0.6) is 0 Å². The lowest BCUT2D eigenvalue weighted by atomic mass is 9.97. The van der Waals surface area contributed by atoms with Crippen LogP contribution in [-0.4, -0.2) is 37.1 Å². The number of nitrogens with zero attached hydrogens (tertiary/aromatic N) is 1. The predicted molar refractivity (Wildman–Crippen MR) is 69.7 cm³/mol. The van der Waals surface area contributed by atoms with Gasteiger partial charge in [0.05, 0.1) is 0 Å². The lowest BCUT2D eigenvalue weighted by Gasteiger charge is -2.26. The molecule has 0 amide bonds. The van der Waals surface area contributed by atoms with Crippen molar-refractivity contribution in [2.24, 2.45) is 5.92 Å². The minimum Gasteiger partial charge on any atom is -0.316 e. The van der Waals surface area contributed by atoms with E-state index in [4.69, 9.17) is 0 Å². The molecule has 2 heteroatoms. The summed E-state index contributed by atoms with van der Waals surface area (Å²) in [6.45, 7) is 4.98. The van der Waals surface area contributed by atoms with Gasteiger partial charge < -0.3 is 5.32 Å². The van der Waals surface area contributed by atoms with Gasteiger partial charge in [-0.15, -0.1) is 0 Å². The quantitative estimate of drug-likeness (QED) is 0.741. The molecule has 2 rings (SSSR count). The zero-order chi connectivity index (χ0) is 11.4. The lowest BCUT2D eigenvalue weighted by molar-refractivity contribution is 0.214. The van der Waals surface area contributed by atoms with Crippen LogP contribution in [0.2, 0.25) is 0 Å². The van der Waals surface area contributed by atoms with Gasteiger partial charge in [0, 0.05) is 25.2 Å². The molecule has 0 bridgehead atoms. The monoisotopic (exact) mass is 224 g/mol. The number of likely N-dealkylation sites (N-methyl/N-ethyl adjacent to an activating group) is 1. The minimum absolute atomic E-state index is 0.755. The summed E-state index contributed by atoms with van der Waals surface area (Å²) in [4.78, 5) is 2.75. The van der Waals surface area contributed by atoms with Crippen molar-refractivity contribution >= 4 is 0 Å². The highest BCUT2D eigenvalue weighted by atomic mass is 15.2. The van der Waals surface area contributed by atoms with E-state index in [1.165, 1.54) is 58.0 Å². The number of hydrogen-bond acceptors (Lipinski definition) is 2. The summed E-state index contributed by atoms with van der Waals surface area (Å²) in [7, 11) is 2.11. The van der Waals surface area contributed by atoms with Crippen LogP contribution in [0.4, 0.5) is 0 Å². The average molecular weight is 224 g/mol. The molecule has 1 saturated carbocycles. The van der Waals surface area contributed by atoms with Crippen molar-refractivity contribution in [3.8, 4) is 0 Å². The lowest BCUT2D eigenvalue weighted by Crippen LogP contribution is -2.36. The van der Waals surface area contributed by atoms with Crippen molar-refractivity contribution in [3.63, 3.8) is 0 Å². The van der Waals surface area contributed by atoms with Crippen LogP contribution < -0.4 is 5.32 Å². The second-order valence-corrected chi connectivity index (χ2v) is 5.71. The molecular weight excluding hydrogens is 196 g/mol. The van der Waals surface area contributed by atoms with Gasteiger partial charge in [0.2, 0.25) is 0 Å². The molecule has 1 aliphatic heterocycles. The van der Waals surface area contributed by atoms with Crippen molar-refractivity contribution < 1.29 is 0 Å². The zero-order valence-electron chi connectivity index (χ0n) is 11.0. The summed E-state index contributed by atoms with van der Waals surface area (Å²) >= 11 is 0. The molecule has 1 saturated heterocycles. The van der Waals surface area contributed by atoms with Gasteiger partial charge in [0.25, 0.3) is 0 Å². The molecule has 0 aromatic carbocycles. The third kappa shape index (κ3) is 2.98. The van der Waals surface area contributed by atoms with E-state index in [-0.39, 0.29) is 0 Å². The highest BCUT2D eigenvalue weighted by Crippen LogP contribution is 2.29. The number of nitrogens with one attached hydrogen (secondary N) is 1. The van der Waals surface area contributed by atoms with Gasteiger partial charge in [-0.25, -0.2) is 0 Å². The van der Waals surface area contributed by atoms with Gasteiger partial charge in [-0.05, 0) is 38.6 Å². The highest BCUT2D eigenvalue weighted by molar-refractivity contribution is 4.86. The maximum Gasteiger partial charge on any atom is 0.0204 e. The Hall–Kier alpha value is -0.0800. The Balaban J connectivity index is 1.81. The van der Waals surface area contributed by atoms with Gasteiger partial charge in [0.1, 0.15) is 0 Å². The molecule has 0 aromatic rings. The van der Waals surface area contributed by atoms with E-state index in [2.05, 4.69) is 24.2 Å². The van der Waals surface area contributed by atoms with Gasteiger partial charge >= 0.3 is 0 Å². The van der Waals surface area contributed by atoms with Crippen LogP contribution >= 0.6 is 0 Å². The third-order valence-corrected chi connectivity index (χ3v) is 4.78. The second-order valence-electron chi connectivity index (χ2n) is 5.71. The molecule has 2 aliphatic rings. The Morgan fingerprint density at radius 3 is 2.69 bits per heavy atom. The predicted octanol–water partition coefficient (Wildman–Crippen LogP) is 2.64. The molecule has 0 radical (unpaired) electrons. The van der Waals surface area contributed by atoms with Crippen LogP contribution in [0.15, 0.2) is 0 Å². The standard InChI is InChI=1S/C14H28N2/c1-3-12-5-4-6-14(8-7-12)16-10-9-13(11-16)15-2/h12-15H,3-11H2,1-2H3. The minimum atomic E-state index is 0.755. The summed E-state index contributed by atoms with van der Waals surface area (Å²) in [5.41, 5.74) is 0. The molecule has 2 nitrogen and oxygen atoms in total. The molecule has 1 aliphatic carbocycles. The smallest absolute Gasteiger partial charge is 0.0204 e. The average Bonchev–Trinajstić information content (AvgIpc) is 2.67. The Bertz CT molecular complexity index is 205. The third-order valence-electron chi connectivity index (χ3n) is 4.78. The van der Waals surface area contributed by atoms with Gasteiger partial charge in [-0.3, -0.25) is 4.90 Å². The van der Waals surface area contributed by atoms with Gasteiger partial charge in [0.15, 0.2) is 0 Å². The molecule has 0 aromatic heterocycles. The molecular formula is C14H28N2. The van der Waals surface area contributed by atoms with Crippen LogP contribution in [0, 0.1) is 5.92 Å². The SMILES string of the molecule is CCC1CCCC(N2CCC(NC)C2)CC1. The van der Waals surface area contributed by atoms with E-state index in [9.17, 15) is 0 Å². The fourth-order valence-corrected chi connectivity index (χ4v) is 3.49.